The molecule has 0 bridgehead atoms. The van der Waals surface area contributed by atoms with Gasteiger partial charge in [0, 0.05) is 15.6 Å². The molecule has 100 valence electrons. The molecule has 4 nitrogen and oxygen atoms in total. The average Bonchev–Trinajstić information content (AvgIpc) is 2.80. The Hall–Kier alpha value is -1.85. The summed E-state index contributed by atoms with van der Waals surface area (Å²) in [6.07, 6.45) is 0. The molecule has 1 aromatic heterocycles. The number of hydrogen-bond acceptors (Lipinski definition) is 3. The fourth-order valence-corrected chi connectivity index (χ4v) is 2.50. The first kappa shape index (κ1) is 13.1. The fourth-order valence-electron chi connectivity index (χ4n) is 1.92. The number of benzene rings is 2. The fraction of sp³-hybridized carbons (Fsp3) is 0. The van der Waals surface area contributed by atoms with E-state index in [0.717, 1.165) is 0 Å². The van der Waals surface area contributed by atoms with E-state index < -0.39 is 5.76 Å². The zero-order chi connectivity index (χ0) is 14.3. The summed E-state index contributed by atoms with van der Waals surface area (Å²) in [5.41, 5.74) is 1.68. The molecule has 0 aliphatic rings. The normalized spacial score (nSPS) is 10.9. The summed E-state index contributed by atoms with van der Waals surface area (Å²) >= 11 is 9.39. The molecule has 0 aliphatic heterocycles. The van der Waals surface area contributed by atoms with Crippen molar-refractivity contribution in [3.63, 3.8) is 0 Å². The Morgan fingerprint density at radius 1 is 1.25 bits per heavy atom. The molecule has 0 spiro atoms. The monoisotopic (exact) mass is 351 g/mol. The lowest BCUT2D eigenvalue weighted by Crippen LogP contribution is -2.02. The SMILES string of the molecule is O=C(c1ccc2[nH]c(=O)oc2c1)c1cccc(Br)c1Cl. The first-order chi connectivity index (χ1) is 9.56. The highest BCUT2D eigenvalue weighted by Crippen LogP contribution is 2.28. The smallest absolute Gasteiger partial charge is 0.408 e. The van der Waals surface area contributed by atoms with Crippen molar-refractivity contribution in [2.45, 2.75) is 0 Å². The Morgan fingerprint density at radius 3 is 2.85 bits per heavy atom. The first-order valence-electron chi connectivity index (χ1n) is 5.68. The molecule has 0 fully saturated rings. The number of ketones is 1. The van der Waals surface area contributed by atoms with Crippen LogP contribution < -0.4 is 5.76 Å². The second kappa shape index (κ2) is 4.92. The van der Waals surface area contributed by atoms with Crippen LogP contribution >= 0.6 is 27.5 Å². The van der Waals surface area contributed by atoms with Gasteiger partial charge in [0.1, 0.15) is 0 Å². The van der Waals surface area contributed by atoms with Gasteiger partial charge in [0.05, 0.1) is 10.5 Å². The largest absolute Gasteiger partial charge is 0.417 e. The van der Waals surface area contributed by atoms with Crippen LogP contribution in [0.25, 0.3) is 11.1 Å². The molecule has 20 heavy (non-hydrogen) atoms. The van der Waals surface area contributed by atoms with E-state index >= 15 is 0 Å². The van der Waals surface area contributed by atoms with Crippen LogP contribution in [0.15, 0.2) is 50.1 Å². The maximum absolute atomic E-state index is 12.4. The average molecular weight is 353 g/mol. The molecular weight excluding hydrogens is 346 g/mol. The maximum atomic E-state index is 12.4. The standard InChI is InChI=1S/C14H7BrClNO3/c15-9-3-1-2-8(12(9)16)13(18)7-4-5-10-11(6-7)20-14(19)17-10/h1-6H,(H,17,19). The van der Waals surface area contributed by atoms with Crippen molar-refractivity contribution in [2.75, 3.05) is 0 Å². The van der Waals surface area contributed by atoms with Gasteiger partial charge in [-0.1, -0.05) is 17.7 Å². The van der Waals surface area contributed by atoms with Crippen LogP contribution in [0.1, 0.15) is 15.9 Å². The van der Waals surface area contributed by atoms with E-state index in [9.17, 15) is 9.59 Å². The van der Waals surface area contributed by atoms with Gasteiger partial charge in [-0.25, -0.2) is 4.79 Å². The van der Waals surface area contributed by atoms with Gasteiger partial charge in [0.2, 0.25) is 0 Å². The molecule has 0 amide bonds. The first-order valence-corrected chi connectivity index (χ1v) is 6.85. The Bertz CT molecular complexity index is 882. The van der Waals surface area contributed by atoms with Gasteiger partial charge in [-0.15, -0.1) is 0 Å². The predicted octanol–water partition coefficient (Wildman–Crippen LogP) is 3.77. The third kappa shape index (κ3) is 2.19. The summed E-state index contributed by atoms with van der Waals surface area (Å²) in [5, 5.41) is 0.355. The number of nitrogens with one attached hydrogen (secondary N) is 1. The predicted molar refractivity (Wildman–Crippen MR) is 79.4 cm³/mol. The topological polar surface area (TPSA) is 63.1 Å². The van der Waals surface area contributed by atoms with Crippen LogP contribution in [0.2, 0.25) is 5.02 Å². The van der Waals surface area contributed by atoms with Gasteiger partial charge < -0.3 is 4.42 Å². The van der Waals surface area contributed by atoms with Gasteiger partial charge >= 0.3 is 5.76 Å². The third-order valence-corrected chi connectivity index (χ3v) is 4.18. The van der Waals surface area contributed by atoms with Gasteiger partial charge in [-0.2, -0.15) is 0 Å². The molecule has 0 saturated heterocycles. The van der Waals surface area contributed by atoms with Crippen LogP contribution in [-0.4, -0.2) is 10.8 Å². The summed E-state index contributed by atoms with van der Waals surface area (Å²) in [6.45, 7) is 0. The van der Waals surface area contributed by atoms with E-state index in [-0.39, 0.29) is 5.78 Å². The number of carbonyl (C=O) groups excluding carboxylic acids is 1. The summed E-state index contributed by atoms with van der Waals surface area (Å²) in [5.74, 6) is -0.785. The van der Waals surface area contributed by atoms with Gasteiger partial charge in [0.15, 0.2) is 11.4 Å². The number of fused-ring (bicyclic) bond motifs is 1. The maximum Gasteiger partial charge on any atom is 0.417 e. The summed E-state index contributed by atoms with van der Waals surface area (Å²) in [4.78, 5) is 26.1. The minimum Gasteiger partial charge on any atom is -0.408 e. The second-order valence-electron chi connectivity index (χ2n) is 4.16. The number of aromatic amines is 1. The summed E-state index contributed by atoms with van der Waals surface area (Å²) < 4.78 is 5.60. The summed E-state index contributed by atoms with van der Waals surface area (Å²) in [7, 11) is 0. The Balaban J connectivity index is 2.12. The molecule has 0 unspecified atom stereocenters. The van der Waals surface area contributed by atoms with Crippen LogP contribution in [0.4, 0.5) is 0 Å². The van der Waals surface area contributed by atoms with E-state index in [2.05, 4.69) is 20.9 Å². The van der Waals surface area contributed by atoms with Gasteiger partial charge in [-0.3, -0.25) is 9.78 Å². The summed E-state index contributed by atoms with van der Waals surface area (Å²) in [6, 6.07) is 9.90. The number of rotatable bonds is 2. The highest BCUT2D eigenvalue weighted by molar-refractivity contribution is 9.10. The molecule has 0 radical (unpaired) electrons. The van der Waals surface area contributed by atoms with Crippen molar-refractivity contribution in [2.24, 2.45) is 0 Å². The van der Waals surface area contributed by atoms with E-state index in [1.165, 1.54) is 6.07 Å². The Morgan fingerprint density at radius 2 is 2.05 bits per heavy atom. The van der Waals surface area contributed by atoms with E-state index in [1.54, 1.807) is 30.3 Å². The lowest BCUT2D eigenvalue weighted by atomic mass is 10.0. The highest BCUT2D eigenvalue weighted by atomic mass is 79.9. The quantitative estimate of drug-likeness (QED) is 0.714. The molecule has 3 aromatic rings. The minimum atomic E-state index is -0.551. The van der Waals surface area contributed by atoms with Crippen molar-refractivity contribution >= 4 is 44.4 Å². The van der Waals surface area contributed by atoms with E-state index in [0.29, 0.717) is 31.7 Å². The molecule has 0 aliphatic carbocycles. The molecule has 2 aromatic carbocycles. The number of H-pyrrole nitrogens is 1. The van der Waals surface area contributed by atoms with Crippen LogP contribution in [0.5, 0.6) is 0 Å². The van der Waals surface area contributed by atoms with Crippen molar-refractivity contribution in [1.29, 1.82) is 0 Å². The third-order valence-electron chi connectivity index (χ3n) is 2.88. The molecule has 6 heteroatoms. The van der Waals surface area contributed by atoms with Crippen molar-refractivity contribution < 1.29 is 9.21 Å². The minimum absolute atomic E-state index is 0.234. The number of oxazole rings is 1. The van der Waals surface area contributed by atoms with Crippen molar-refractivity contribution in [1.82, 2.24) is 4.98 Å². The Kier molecular flexibility index (Phi) is 3.23. The lowest BCUT2D eigenvalue weighted by molar-refractivity contribution is 0.103. The zero-order valence-corrected chi connectivity index (χ0v) is 12.3. The molecule has 3 rings (SSSR count). The van der Waals surface area contributed by atoms with Crippen molar-refractivity contribution in [3.8, 4) is 0 Å². The van der Waals surface area contributed by atoms with Gasteiger partial charge in [-0.05, 0) is 46.3 Å². The number of aromatic nitrogens is 1. The second-order valence-corrected chi connectivity index (χ2v) is 5.39. The molecule has 0 atom stereocenters. The molecule has 1 heterocycles. The highest BCUT2D eigenvalue weighted by Gasteiger charge is 2.15. The van der Waals surface area contributed by atoms with Crippen LogP contribution in [0.3, 0.4) is 0 Å². The van der Waals surface area contributed by atoms with Crippen molar-refractivity contribution in [3.05, 3.63) is 67.6 Å². The Labute approximate surface area is 126 Å². The van der Waals surface area contributed by atoms with Crippen LogP contribution in [0, 0.1) is 0 Å². The van der Waals surface area contributed by atoms with E-state index in [4.69, 9.17) is 16.0 Å². The molecule has 1 N–H and O–H groups in total. The molecule has 0 saturated carbocycles. The van der Waals surface area contributed by atoms with Crippen LogP contribution in [-0.2, 0) is 0 Å². The number of hydrogen-bond donors (Lipinski definition) is 1. The van der Waals surface area contributed by atoms with Gasteiger partial charge in [0.25, 0.3) is 0 Å². The number of carbonyl (C=O) groups is 1. The zero-order valence-electron chi connectivity index (χ0n) is 9.94. The number of halogens is 2. The lowest BCUT2D eigenvalue weighted by Gasteiger charge is -2.05. The molecular formula is C14H7BrClNO3. The van der Waals surface area contributed by atoms with E-state index in [1.807, 2.05) is 0 Å².